The van der Waals surface area contributed by atoms with Gasteiger partial charge in [-0.1, -0.05) is 36.4 Å². The number of thiazole rings is 1. The minimum atomic E-state index is -4.53. The molecule has 9 nitrogen and oxygen atoms in total. The molecule has 0 aliphatic heterocycles. The number of carbonyl (C=O) groups is 1. The minimum Gasteiger partial charge on any atom is -0.480 e. The van der Waals surface area contributed by atoms with Crippen molar-refractivity contribution in [3.63, 3.8) is 0 Å². The summed E-state index contributed by atoms with van der Waals surface area (Å²) in [5, 5.41) is 14.1. The summed E-state index contributed by atoms with van der Waals surface area (Å²) in [7, 11) is -4.08. The smallest absolute Gasteiger partial charge is 0.434 e. The average molecular weight is 564 g/mol. The molecule has 198 valence electrons. The highest BCUT2D eigenvalue weighted by Crippen LogP contribution is 2.33. The lowest BCUT2D eigenvalue weighted by molar-refractivity contribution is -0.140. The molecule has 1 unspecified atom stereocenters. The van der Waals surface area contributed by atoms with Crippen LogP contribution in [0.5, 0.6) is 0 Å². The molecular weight excluding hydrogens is 543 g/mol. The quantitative estimate of drug-likeness (QED) is 0.257. The van der Waals surface area contributed by atoms with Gasteiger partial charge in [-0.15, -0.1) is 11.3 Å². The molecule has 0 radical (unpaired) electrons. The van der Waals surface area contributed by atoms with Gasteiger partial charge in [-0.25, -0.2) is 23.4 Å². The van der Waals surface area contributed by atoms with Gasteiger partial charge in [0.05, 0.1) is 5.69 Å². The summed E-state index contributed by atoms with van der Waals surface area (Å²) in [5.74, 6) is -0.928. The van der Waals surface area contributed by atoms with Crippen molar-refractivity contribution in [3.8, 4) is 10.6 Å². The molecule has 3 N–H and O–H groups in total. The zero-order chi connectivity index (χ0) is 27.3. The van der Waals surface area contributed by atoms with Crippen LogP contribution < -0.4 is 10.6 Å². The van der Waals surface area contributed by atoms with Crippen LogP contribution >= 0.6 is 11.3 Å². The van der Waals surface area contributed by atoms with E-state index in [0.717, 1.165) is 16.7 Å². The van der Waals surface area contributed by atoms with Crippen molar-refractivity contribution in [2.75, 3.05) is 11.9 Å². The Bertz CT molecular complexity index is 1510. The number of alkyl halides is 3. The van der Waals surface area contributed by atoms with Gasteiger partial charge in [0.1, 0.15) is 17.4 Å². The van der Waals surface area contributed by atoms with Crippen molar-refractivity contribution in [2.24, 2.45) is 0 Å². The van der Waals surface area contributed by atoms with Gasteiger partial charge in [-0.3, -0.25) is 10.1 Å². The highest BCUT2D eigenvalue weighted by atomic mass is 32.2. The molecule has 38 heavy (non-hydrogen) atoms. The molecule has 0 fully saturated rings. The molecular formula is C24H20F3N5O4S2. The van der Waals surface area contributed by atoms with E-state index >= 15 is 0 Å². The number of nitrogens with one attached hydrogen (secondary N) is 2. The van der Waals surface area contributed by atoms with Gasteiger partial charge in [0.15, 0.2) is 16.1 Å². The molecule has 4 aromatic rings. The molecule has 1 atom stereocenters. The Kier molecular flexibility index (Phi) is 8.04. The van der Waals surface area contributed by atoms with Crippen molar-refractivity contribution in [3.05, 3.63) is 89.2 Å². The normalized spacial score (nSPS) is 12.7. The van der Waals surface area contributed by atoms with Gasteiger partial charge in [-0.05, 0) is 29.8 Å². The van der Waals surface area contributed by atoms with E-state index in [1.807, 2.05) is 0 Å². The third-order valence-electron chi connectivity index (χ3n) is 5.19. The first-order chi connectivity index (χ1) is 18.0. The lowest BCUT2D eigenvalue weighted by Crippen LogP contribution is -2.30. The highest BCUT2D eigenvalue weighted by molar-refractivity contribution is 7.91. The fraction of sp³-hybridized carbons (Fsp3) is 0.167. The zero-order valence-electron chi connectivity index (χ0n) is 19.4. The summed E-state index contributed by atoms with van der Waals surface area (Å²) in [6.07, 6.45) is -3.18. The zero-order valence-corrected chi connectivity index (χ0v) is 21.0. The van der Waals surface area contributed by atoms with Gasteiger partial charge in [0.2, 0.25) is 9.84 Å². The number of halogens is 3. The number of anilines is 1. The summed E-state index contributed by atoms with van der Waals surface area (Å²) in [6, 6.07) is 15.5. The van der Waals surface area contributed by atoms with Gasteiger partial charge in [0.25, 0.3) is 0 Å². The van der Waals surface area contributed by atoms with Crippen molar-refractivity contribution < 1.29 is 31.5 Å². The number of nitrogens with zero attached hydrogens (tertiary/aromatic N) is 3. The lowest BCUT2D eigenvalue weighted by Gasteiger charge is -2.19. The molecule has 0 saturated heterocycles. The maximum absolute atomic E-state index is 13.5. The molecule has 0 aliphatic rings. The Labute approximate surface area is 219 Å². The number of carboxylic acids is 1. The Morgan fingerprint density at radius 2 is 1.79 bits per heavy atom. The van der Waals surface area contributed by atoms with E-state index in [1.165, 1.54) is 30.5 Å². The minimum absolute atomic E-state index is 0.0666. The number of aromatic nitrogens is 3. The van der Waals surface area contributed by atoms with Crippen LogP contribution in [0.15, 0.2) is 77.3 Å². The van der Waals surface area contributed by atoms with Crippen LogP contribution in [0.3, 0.4) is 0 Å². The van der Waals surface area contributed by atoms with E-state index in [9.17, 15) is 26.4 Å². The first-order valence-electron chi connectivity index (χ1n) is 11.0. The van der Waals surface area contributed by atoms with Crippen LogP contribution in [0, 0.1) is 0 Å². The Morgan fingerprint density at radius 3 is 2.42 bits per heavy atom. The van der Waals surface area contributed by atoms with Crippen LogP contribution in [0.25, 0.3) is 10.6 Å². The van der Waals surface area contributed by atoms with Gasteiger partial charge in [-0.2, -0.15) is 13.2 Å². The maximum Gasteiger partial charge on any atom is 0.434 e. The molecule has 0 bridgehead atoms. The average Bonchev–Trinajstić information content (AvgIpc) is 3.40. The summed E-state index contributed by atoms with van der Waals surface area (Å²) in [6.45, 7) is -0.339. The van der Waals surface area contributed by atoms with Gasteiger partial charge in [0, 0.05) is 23.7 Å². The number of benzene rings is 1. The number of rotatable bonds is 10. The van der Waals surface area contributed by atoms with Crippen LogP contribution in [0.4, 0.5) is 19.0 Å². The van der Waals surface area contributed by atoms with E-state index in [4.69, 9.17) is 5.11 Å². The Morgan fingerprint density at radius 1 is 1.03 bits per heavy atom. The van der Waals surface area contributed by atoms with Crippen LogP contribution in [-0.4, -0.2) is 41.0 Å². The number of sulfone groups is 1. The lowest BCUT2D eigenvalue weighted by atomic mass is 10.1. The number of pyridine rings is 2. The monoisotopic (exact) mass is 563 g/mol. The van der Waals surface area contributed by atoms with Crippen molar-refractivity contribution in [2.45, 2.75) is 23.1 Å². The topological polar surface area (TPSA) is 134 Å². The van der Waals surface area contributed by atoms with Gasteiger partial charge < -0.3 is 10.4 Å². The third kappa shape index (κ3) is 6.51. The van der Waals surface area contributed by atoms with E-state index < -0.39 is 39.6 Å². The molecule has 0 aliphatic carbocycles. The number of hydrogen-bond acceptors (Lipinski definition) is 9. The van der Waals surface area contributed by atoms with Crippen LogP contribution in [0.2, 0.25) is 0 Å². The van der Waals surface area contributed by atoms with Gasteiger partial charge >= 0.3 is 12.1 Å². The fourth-order valence-electron chi connectivity index (χ4n) is 3.38. The number of hydrogen-bond donors (Lipinski definition) is 3. The third-order valence-corrected chi connectivity index (χ3v) is 7.93. The summed E-state index contributed by atoms with van der Waals surface area (Å²) < 4.78 is 65.6. The molecule has 1 aromatic carbocycles. The highest BCUT2D eigenvalue weighted by Gasteiger charge is 2.34. The molecule has 0 saturated carbocycles. The standard InChI is InChI=1S/C24H20F3N5O4S2/c25-24(26,27)18-14-37-22(32-18)16-9-7-15(8-10-16)12-30-23(38(35,36)20-6-1-2-11-28-20)17-4-3-5-19(31-17)29-13-21(33)34/h1-11,14,23,30H,12-13H2,(H,29,31)(H,33,34). The second-order valence-electron chi connectivity index (χ2n) is 7.90. The summed E-state index contributed by atoms with van der Waals surface area (Å²) in [4.78, 5) is 22.8. The number of aliphatic carboxylic acids is 1. The van der Waals surface area contributed by atoms with Crippen LogP contribution in [0.1, 0.15) is 22.3 Å². The molecule has 4 rings (SSSR count). The van der Waals surface area contributed by atoms with E-state index in [2.05, 4.69) is 25.6 Å². The first kappa shape index (κ1) is 27.2. The predicted octanol–water partition coefficient (Wildman–Crippen LogP) is 4.38. The Balaban J connectivity index is 1.58. The molecule has 0 amide bonds. The number of carboxylic acid groups (broad SMARTS) is 1. The van der Waals surface area contributed by atoms with E-state index in [0.29, 0.717) is 11.1 Å². The predicted molar refractivity (Wildman–Crippen MR) is 134 cm³/mol. The first-order valence-corrected chi connectivity index (χ1v) is 13.4. The molecule has 14 heteroatoms. The summed E-state index contributed by atoms with van der Waals surface area (Å²) >= 11 is 0.875. The molecule has 0 spiro atoms. The van der Waals surface area contributed by atoms with E-state index in [1.54, 1.807) is 36.4 Å². The summed E-state index contributed by atoms with van der Waals surface area (Å²) in [5.41, 5.74) is 0.303. The van der Waals surface area contributed by atoms with Crippen molar-refractivity contribution in [1.29, 1.82) is 0 Å². The second-order valence-corrected chi connectivity index (χ2v) is 10.7. The molecule has 3 aromatic heterocycles. The van der Waals surface area contributed by atoms with Crippen LogP contribution in [-0.2, 0) is 27.4 Å². The molecule has 3 heterocycles. The van der Waals surface area contributed by atoms with Crippen molar-refractivity contribution >= 4 is 33.0 Å². The Hall–Kier alpha value is -3.88. The SMILES string of the molecule is O=C(O)CNc1cccc(C(NCc2ccc(-c3nc(C(F)(F)F)cs3)cc2)S(=O)(=O)c2ccccn2)n1. The second kappa shape index (κ2) is 11.2. The maximum atomic E-state index is 13.5. The largest absolute Gasteiger partial charge is 0.480 e. The fourth-order valence-corrected chi connectivity index (χ4v) is 5.69. The van der Waals surface area contributed by atoms with E-state index in [-0.39, 0.29) is 28.1 Å². The van der Waals surface area contributed by atoms with Crippen molar-refractivity contribution in [1.82, 2.24) is 20.3 Å².